The van der Waals surface area contributed by atoms with Crippen LogP contribution in [0.1, 0.15) is 15.9 Å². The van der Waals surface area contributed by atoms with Gasteiger partial charge in [0.1, 0.15) is 11.6 Å². The Morgan fingerprint density at radius 1 is 1.39 bits per heavy atom. The second-order valence-corrected chi connectivity index (χ2v) is 4.95. The summed E-state index contributed by atoms with van der Waals surface area (Å²) in [5, 5.41) is 12.3. The van der Waals surface area contributed by atoms with Gasteiger partial charge in [-0.05, 0) is 59.3 Å². The molecule has 5 heteroatoms. The van der Waals surface area contributed by atoms with E-state index in [4.69, 9.17) is 0 Å². The zero-order chi connectivity index (χ0) is 13.1. The van der Waals surface area contributed by atoms with Crippen LogP contribution in [0.25, 0.3) is 0 Å². The van der Waals surface area contributed by atoms with Crippen LogP contribution >= 0.6 is 22.6 Å². The number of aromatic hydroxyl groups is 1. The molecule has 4 nitrogen and oxygen atoms in total. The third kappa shape index (κ3) is 2.79. The SMILES string of the molecule is Cc1cccnc1NC(=O)c1ccc(I)c(O)c1. The molecule has 2 aromatic rings. The molecule has 18 heavy (non-hydrogen) atoms. The predicted molar refractivity (Wildman–Crippen MR) is 77.8 cm³/mol. The van der Waals surface area contributed by atoms with Crippen LogP contribution in [0.2, 0.25) is 0 Å². The van der Waals surface area contributed by atoms with Crippen molar-refractivity contribution in [3.05, 3.63) is 51.2 Å². The fraction of sp³-hybridized carbons (Fsp3) is 0.0769. The van der Waals surface area contributed by atoms with Crippen LogP contribution in [-0.2, 0) is 0 Å². The number of carbonyl (C=O) groups excluding carboxylic acids is 1. The molecule has 2 N–H and O–H groups in total. The summed E-state index contributed by atoms with van der Waals surface area (Å²) >= 11 is 2.00. The topological polar surface area (TPSA) is 62.2 Å². The summed E-state index contributed by atoms with van der Waals surface area (Å²) in [5.41, 5.74) is 1.29. The molecule has 0 aliphatic carbocycles. The van der Waals surface area contributed by atoms with E-state index in [2.05, 4.69) is 10.3 Å². The van der Waals surface area contributed by atoms with E-state index in [1.165, 1.54) is 6.07 Å². The molecule has 1 amide bonds. The number of phenols is 1. The van der Waals surface area contributed by atoms with Gasteiger partial charge in [0.25, 0.3) is 5.91 Å². The van der Waals surface area contributed by atoms with E-state index >= 15 is 0 Å². The Labute approximate surface area is 118 Å². The average Bonchev–Trinajstić information content (AvgIpc) is 2.35. The second-order valence-electron chi connectivity index (χ2n) is 3.79. The number of aryl methyl sites for hydroxylation is 1. The normalized spacial score (nSPS) is 10.1. The maximum Gasteiger partial charge on any atom is 0.256 e. The highest BCUT2D eigenvalue weighted by atomic mass is 127. The minimum atomic E-state index is -0.288. The lowest BCUT2D eigenvalue weighted by Gasteiger charge is -2.07. The molecule has 0 spiro atoms. The smallest absolute Gasteiger partial charge is 0.256 e. The molecular weight excluding hydrogens is 343 g/mol. The van der Waals surface area contributed by atoms with Crippen molar-refractivity contribution < 1.29 is 9.90 Å². The first-order valence-corrected chi connectivity index (χ1v) is 6.37. The van der Waals surface area contributed by atoms with Crippen molar-refractivity contribution >= 4 is 34.3 Å². The van der Waals surface area contributed by atoms with E-state index in [1.807, 2.05) is 41.6 Å². The van der Waals surface area contributed by atoms with Crippen molar-refractivity contribution in [2.45, 2.75) is 6.92 Å². The summed E-state index contributed by atoms with van der Waals surface area (Å²) in [6.07, 6.45) is 1.62. The van der Waals surface area contributed by atoms with Crippen LogP contribution in [0.15, 0.2) is 36.5 Å². The number of rotatable bonds is 2. The molecular formula is C13H11IN2O2. The number of pyridine rings is 1. The van der Waals surface area contributed by atoms with Crippen molar-refractivity contribution in [1.82, 2.24) is 4.98 Å². The van der Waals surface area contributed by atoms with Crippen molar-refractivity contribution in [2.75, 3.05) is 5.32 Å². The highest BCUT2D eigenvalue weighted by Gasteiger charge is 2.10. The van der Waals surface area contributed by atoms with Gasteiger partial charge >= 0.3 is 0 Å². The molecule has 92 valence electrons. The standard InChI is InChI=1S/C13H11IN2O2/c1-8-3-2-6-15-12(8)16-13(18)9-4-5-10(14)11(17)7-9/h2-7,17H,1H3,(H,15,16,18). The lowest BCUT2D eigenvalue weighted by Crippen LogP contribution is -2.13. The van der Waals surface area contributed by atoms with E-state index in [0.29, 0.717) is 15.0 Å². The van der Waals surface area contributed by atoms with Crippen LogP contribution in [0.4, 0.5) is 5.82 Å². The zero-order valence-corrected chi connectivity index (χ0v) is 11.8. The summed E-state index contributed by atoms with van der Waals surface area (Å²) in [7, 11) is 0. The fourth-order valence-electron chi connectivity index (χ4n) is 1.45. The largest absolute Gasteiger partial charge is 0.507 e. The number of carbonyl (C=O) groups is 1. The molecule has 1 aromatic heterocycles. The molecule has 1 heterocycles. The predicted octanol–water partition coefficient (Wildman–Crippen LogP) is 2.95. The molecule has 2 rings (SSSR count). The molecule has 0 unspecified atom stereocenters. The Morgan fingerprint density at radius 3 is 2.83 bits per heavy atom. The van der Waals surface area contributed by atoms with E-state index in [-0.39, 0.29) is 11.7 Å². The van der Waals surface area contributed by atoms with Crippen LogP contribution in [0.3, 0.4) is 0 Å². The Balaban J connectivity index is 2.22. The molecule has 0 saturated carbocycles. The van der Waals surface area contributed by atoms with Gasteiger partial charge < -0.3 is 10.4 Å². The number of nitrogens with one attached hydrogen (secondary N) is 1. The number of phenolic OH excluding ortho intramolecular Hbond substituents is 1. The minimum Gasteiger partial charge on any atom is -0.507 e. The fourth-order valence-corrected chi connectivity index (χ4v) is 1.79. The second kappa shape index (κ2) is 5.34. The summed E-state index contributed by atoms with van der Waals surface area (Å²) < 4.78 is 0.707. The number of nitrogens with zero attached hydrogens (tertiary/aromatic N) is 1. The Morgan fingerprint density at radius 2 is 2.17 bits per heavy atom. The van der Waals surface area contributed by atoms with Gasteiger partial charge in [0.05, 0.1) is 3.57 Å². The number of amides is 1. The van der Waals surface area contributed by atoms with Gasteiger partial charge in [0.15, 0.2) is 0 Å². The van der Waals surface area contributed by atoms with Gasteiger partial charge in [0, 0.05) is 11.8 Å². The van der Waals surface area contributed by atoms with E-state index < -0.39 is 0 Å². The number of benzene rings is 1. The highest BCUT2D eigenvalue weighted by Crippen LogP contribution is 2.21. The van der Waals surface area contributed by atoms with Crippen molar-refractivity contribution in [2.24, 2.45) is 0 Å². The molecule has 0 atom stereocenters. The molecule has 0 aliphatic heterocycles. The van der Waals surface area contributed by atoms with Crippen LogP contribution < -0.4 is 5.32 Å². The maximum absolute atomic E-state index is 12.0. The van der Waals surface area contributed by atoms with Crippen molar-refractivity contribution in [3.63, 3.8) is 0 Å². The number of aromatic nitrogens is 1. The lowest BCUT2D eigenvalue weighted by atomic mass is 10.2. The average molecular weight is 354 g/mol. The molecule has 0 radical (unpaired) electrons. The Hall–Kier alpha value is -1.63. The molecule has 0 fully saturated rings. The van der Waals surface area contributed by atoms with Crippen LogP contribution in [0.5, 0.6) is 5.75 Å². The van der Waals surface area contributed by atoms with Crippen molar-refractivity contribution in [3.8, 4) is 5.75 Å². The summed E-state index contributed by atoms with van der Waals surface area (Å²) in [5.74, 6) is 0.338. The highest BCUT2D eigenvalue weighted by molar-refractivity contribution is 14.1. The minimum absolute atomic E-state index is 0.0981. The maximum atomic E-state index is 12.0. The van der Waals surface area contributed by atoms with E-state index in [0.717, 1.165) is 5.56 Å². The van der Waals surface area contributed by atoms with Gasteiger partial charge in [-0.1, -0.05) is 6.07 Å². The zero-order valence-electron chi connectivity index (χ0n) is 9.64. The van der Waals surface area contributed by atoms with Crippen LogP contribution in [-0.4, -0.2) is 16.0 Å². The first kappa shape index (κ1) is 12.8. The van der Waals surface area contributed by atoms with Gasteiger partial charge in [-0.3, -0.25) is 4.79 Å². The number of hydrogen-bond acceptors (Lipinski definition) is 3. The van der Waals surface area contributed by atoms with Gasteiger partial charge in [-0.25, -0.2) is 4.98 Å². The lowest BCUT2D eigenvalue weighted by molar-refractivity contribution is 0.102. The Kier molecular flexibility index (Phi) is 3.81. The van der Waals surface area contributed by atoms with Gasteiger partial charge in [-0.15, -0.1) is 0 Å². The molecule has 0 aliphatic rings. The number of anilines is 1. The van der Waals surface area contributed by atoms with Crippen molar-refractivity contribution in [1.29, 1.82) is 0 Å². The molecule has 0 bridgehead atoms. The van der Waals surface area contributed by atoms with Crippen LogP contribution in [0, 0.1) is 10.5 Å². The summed E-state index contributed by atoms with van der Waals surface area (Å²) in [6, 6.07) is 8.47. The third-order valence-corrected chi connectivity index (χ3v) is 3.36. The first-order chi connectivity index (χ1) is 8.58. The number of hydrogen-bond donors (Lipinski definition) is 2. The van der Waals surface area contributed by atoms with E-state index in [9.17, 15) is 9.90 Å². The quantitative estimate of drug-likeness (QED) is 0.816. The molecule has 0 saturated heterocycles. The third-order valence-electron chi connectivity index (χ3n) is 2.45. The molecule has 1 aromatic carbocycles. The first-order valence-electron chi connectivity index (χ1n) is 5.29. The summed E-state index contributed by atoms with van der Waals surface area (Å²) in [4.78, 5) is 16.1. The van der Waals surface area contributed by atoms with Gasteiger partial charge in [0.2, 0.25) is 0 Å². The van der Waals surface area contributed by atoms with E-state index in [1.54, 1.807) is 18.3 Å². The summed E-state index contributed by atoms with van der Waals surface area (Å²) in [6.45, 7) is 1.87. The Bertz CT molecular complexity index is 599. The van der Waals surface area contributed by atoms with Gasteiger partial charge in [-0.2, -0.15) is 0 Å². The number of halogens is 1. The monoisotopic (exact) mass is 354 g/mol.